The summed E-state index contributed by atoms with van der Waals surface area (Å²) in [6.45, 7) is 0. The van der Waals surface area contributed by atoms with Crippen molar-refractivity contribution in [3.8, 4) is 28.0 Å². The normalized spacial score (nSPS) is 10.3. The Hall–Kier alpha value is -2.54. The summed E-state index contributed by atoms with van der Waals surface area (Å²) in [6.07, 6.45) is 0. The molecule has 1 N–H and O–H groups in total. The molecule has 0 amide bonds. The molecule has 0 bridgehead atoms. The minimum atomic E-state index is 0.281. The zero-order chi connectivity index (χ0) is 13.1. The van der Waals surface area contributed by atoms with Gasteiger partial charge in [-0.3, -0.25) is 0 Å². The molecule has 3 aromatic carbocycles. The molecule has 1 heteroatoms. The lowest BCUT2D eigenvalue weighted by molar-refractivity contribution is 0.475. The Balaban J connectivity index is 2.03. The lowest BCUT2D eigenvalue weighted by atomic mass is 9.99. The van der Waals surface area contributed by atoms with Crippen LogP contribution in [0.25, 0.3) is 22.3 Å². The largest absolute Gasteiger partial charge is 0.508 e. The molecule has 91 valence electrons. The molecule has 19 heavy (non-hydrogen) atoms. The van der Waals surface area contributed by atoms with E-state index in [1.807, 2.05) is 36.4 Å². The van der Waals surface area contributed by atoms with E-state index in [-0.39, 0.29) is 5.75 Å². The van der Waals surface area contributed by atoms with Gasteiger partial charge >= 0.3 is 0 Å². The summed E-state index contributed by atoms with van der Waals surface area (Å²) in [6, 6.07) is 26.8. The van der Waals surface area contributed by atoms with Gasteiger partial charge in [-0.25, -0.2) is 0 Å². The summed E-state index contributed by atoms with van der Waals surface area (Å²) in [4.78, 5) is 0. The number of rotatable bonds is 2. The van der Waals surface area contributed by atoms with Gasteiger partial charge < -0.3 is 5.11 Å². The van der Waals surface area contributed by atoms with Crippen LogP contribution < -0.4 is 0 Å². The van der Waals surface area contributed by atoms with Crippen molar-refractivity contribution < 1.29 is 5.11 Å². The van der Waals surface area contributed by atoms with Crippen LogP contribution in [0, 0.1) is 6.07 Å². The SMILES string of the molecule is Oc1ccc(-c2[c]ccc(-c3ccccc3)c2)cc1. The lowest BCUT2D eigenvalue weighted by Gasteiger charge is -2.05. The first-order valence-corrected chi connectivity index (χ1v) is 6.19. The summed E-state index contributed by atoms with van der Waals surface area (Å²) in [7, 11) is 0. The molecule has 0 saturated carbocycles. The predicted octanol–water partition coefficient (Wildman–Crippen LogP) is 4.53. The molecule has 0 heterocycles. The van der Waals surface area contributed by atoms with Crippen LogP contribution in [-0.4, -0.2) is 5.11 Å². The van der Waals surface area contributed by atoms with Crippen LogP contribution in [0.2, 0.25) is 0 Å². The topological polar surface area (TPSA) is 20.2 Å². The minimum absolute atomic E-state index is 0.281. The molecule has 0 aromatic heterocycles. The summed E-state index contributed by atoms with van der Waals surface area (Å²) in [5, 5.41) is 9.33. The monoisotopic (exact) mass is 245 g/mol. The maximum atomic E-state index is 9.33. The van der Waals surface area contributed by atoms with E-state index in [0.717, 1.165) is 11.1 Å². The van der Waals surface area contributed by atoms with E-state index < -0.39 is 0 Å². The molecule has 0 spiro atoms. The van der Waals surface area contributed by atoms with Gasteiger partial charge in [0.15, 0.2) is 0 Å². The van der Waals surface area contributed by atoms with Crippen LogP contribution in [-0.2, 0) is 0 Å². The minimum Gasteiger partial charge on any atom is -0.508 e. The molecule has 0 aliphatic carbocycles. The smallest absolute Gasteiger partial charge is 0.115 e. The third-order valence-corrected chi connectivity index (χ3v) is 3.09. The Kier molecular flexibility index (Phi) is 3.03. The highest BCUT2D eigenvalue weighted by Gasteiger charge is 2.01. The van der Waals surface area contributed by atoms with Crippen molar-refractivity contribution in [1.82, 2.24) is 0 Å². The zero-order valence-corrected chi connectivity index (χ0v) is 10.4. The Labute approximate surface area is 112 Å². The van der Waals surface area contributed by atoms with Crippen molar-refractivity contribution in [3.63, 3.8) is 0 Å². The van der Waals surface area contributed by atoms with E-state index in [9.17, 15) is 5.11 Å². The quantitative estimate of drug-likeness (QED) is 0.703. The highest BCUT2D eigenvalue weighted by molar-refractivity contribution is 5.72. The molecule has 0 fully saturated rings. The first-order valence-electron chi connectivity index (χ1n) is 6.19. The van der Waals surface area contributed by atoms with Crippen LogP contribution in [0.1, 0.15) is 0 Å². The predicted molar refractivity (Wildman–Crippen MR) is 77.8 cm³/mol. The molecule has 1 radical (unpaired) electrons. The van der Waals surface area contributed by atoms with E-state index >= 15 is 0 Å². The Morgan fingerprint density at radius 2 is 1.42 bits per heavy atom. The van der Waals surface area contributed by atoms with Crippen molar-refractivity contribution >= 4 is 0 Å². The standard InChI is InChI=1S/C18H13O/c19-18-11-9-15(10-12-18)17-8-4-7-16(13-17)14-5-2-1-3-6-14/h1-7,9-13,19H. The number of hydrogen-bond acceptors (Lipinski definition) is 1. The number of aromatic hydroxyl groups is 1. The first-order chi connectivity index (χ1) is 9.33. The highest BCUT2D eigenvalue weighted by atomic mass is 16.3. The number of phenols is 1. The second-order valence-electron chi connectivity index (χ2n) is 4.40. The average Bonchev–Trinajstić information content (AvgIpc) is 2.49. The van der Waals surface area contributed by atoms with E-state index in [0.29, 0.717) is 0 Å². The van der Waals surface area contributed by atoms with E-state index in [1.54, 1.807) is 12.1 Å². The molecule has 0 aliphatic heterocycles. The van der Waals surface area contributed by atoms with Gasteiger partial charge in [0.1, 0.15) is 5.75 Å². The molecule has 0 unspecified atom stereocenters. The van der Waals surface area contributed by atoms with Gasteiger partial charge in [0, 0.05) is 0 Å². The molecule has 0 saturated heterocycles. The molecule has 3 aromatic rings. The highest BCUT2D eigenvalue weighted by Crippen LogP contribution is 2.26. The summed E-state index contributed by atoms with van der Waals surface area (Å²) >= 11 is 0. The molecular weight excluding hydrogens is 232 g/mol. The van der Waals surface area contributed by atoms with E-state index in [1.165, 1.54) is 11.1 Å². The van der Waals surface area contributed by atoms with Crippen LogP contribution in [0.15, 0.2) is 72.8 Å². The summed E-state index contributed by atoms with van der Waals surface area (Å²) in [5.74, 6) is 0.281. The third-order valence-electron chi connectivity index (χ3n) is 3.09. The average molecular weight is 245 g/mol. The van der Waals surface area contributed by atoms with Crippen LogP contribution >= 0.6 is 0 Å². The molecule has 1 nitrogen and oxygen atoms in total. The maximum absolute atomic E-state index is 9.33. The molecular formula is C18H13O. The number of phenolic OH excluding ortho intramolecular Hbond substituents is 1. The van der Waals surface area contributed by atoms with Crippen LogP contribution in [0.4, 0.5) is 0 Å². The van der Waals surface area contributed by atoms with Gasteiger partial charge in [-0.2, -0.15) is 0 Å². The van der Waals surface area contributed by atoms with E-state index in [4.69, 9.17) is 0 Å². The van der Waals surface area contributed by atoms with Gasteiger partial charge in [0.2, 0.25) is 0 Å². The Morgan fingerprint density at radius 1 is 0.684 bits per heavy atom. The van der Waals surface area contributed by atoms with Gasteiger partial charge in [-0.1, -0.05) is 54.6 Å². The molecule has 0 atom stereocenters. The number of hydrogen-bond donors (Lipinski definition) is 1. The van der Waals surface area contributed by atoms with Crippen molar-refractivity contribution in [2.75, 3.05) is 0 Å². The van der Waals surface area contributed by atoms with Crippen molar-refractivity contribution in [2.24, 2.45) is 0 Å². The fraction of sp³-hybridized carbons (Fsp3) is 0. The fourth-order valence-corrected chi connectivity index (χ4v) is 2.08. The third kappa shape index (κ3) is 2.50. The zero-order valence-electron chi connectivity index (χ0n) is 10.4. The molecule has 0 aliphatic rings. The van der Waals surface area contributed by atoms with E-state index in [2.05, 4.69) is 30.3 Å². The second kappa shape index (κ2) is 4.99. The first kappa shape index (κ1) is 11.5. The van der Waals surface area contributed by atoms with Gasteiger partial charge in [-0.15, -0.1) is 0 Å². The maximum Gasteiger partial charge on any atom is 0.115 e. The second-order valence-corrected chi connectivity index (χ2v) is 4.40. The van der Waals surface area contributed by atoms with Gasteiger partial charge in [-0.05, 0) is 46.5 Å². The fourth-order valence-electron chi connectivity index (χ4n) is 2.08. The Bertz CT molecular complexity index is 670. The van der Waals surface area contributed by atoms with Crippen LogP contribution in [0.3, 0.4) is 0 Å². The number of benzene rings is 3. The van der Waals surface area contributed by atoms with Gasteiger partial charge in [0.05, 0.1) is 0 Å². The summed E-state index contributed by atoms with van der Waals surface area (Å²) in [5.41, 5.74) is 4.44. The van der Waals surface area contributed by atoms with Crippen molar-refractivity contribution in [2.45, 2.75) is 0 Å². The lowest BCUT2D eigenvalue weighted by Crippen LogP contribution is -1.81. The van der Waals surface area contributed by atoms with Crippen molar-refractivity contribution in [1.29, 1.82) is 0 Å². The van der Waals surface area contributed by atoms with Crippen LogP contribution in [0.5, 0.6) is 5.75 Å². The van der Waals surface area contributed by atoms with Crippen molar-refractivity contribution in [3.05, 3.63) is 78.9 Å². The Morgan fingerprint density at radius 3 is 2.16 bits per heavy atom. The molecule has 3 rings (SSSR count). The van der Waals surface area contributed by atoms with Gasteiger partial charge in [0.25, 0.3) is 0 Å². The summed E-state index contributed by atoms with van der Waals surface area (Å²) < 4.78 is 0.